The van der Waals surface area contributed by atoms with Gasteiger partial charge in [0.1, 0.15) is 5.75 Å². The van der Waals surface area contributed by atoms with Gasteiger partial charge < -0.3 is 20.1 Å². The van der Waals surface area contributed by atoms with Crippen LogP contribution in [-0.2, 0) is 4.74 Å². The van der Waals surface area contributed by atoms with E-state index in [4.69, 9.17) is 9.47 Å². The zero-order valence-corrected chi connectivity index (χ0v) is 17.8. The second-order valence-corrected chi connectivity index (χ2v) is 7.17. The third-order valence-electron chi connectivity index (χ3n) is 4.91. The molecule has 1 aliphatic heterocycles. The maximum atomic E-state index is 12.4. The number of hydrogen-bond donors (Lipinski definition) is 2. The van der Waals surface area contributed by atoms with Crippen LogP contribution in [0.2, 0.25) is 0 Å². The fourth-order valence-corrected chi connectivity index (χ4v) is 3.34. The van der Waals surface area contributed by atoms with Crippen LogP contribution in [0.15, 0.2) is 29.3 Å². The molecule has 1 fully saturated rings. The van der Waals surface area contributed by atoms with Crippen molar-refractivity contribution in [2.75, 3.05) is 73.7 Å². The summed E-state index contributed by atoms with van der Waals surface area (Å²) in [6.07, 6.45) is -4.20. The van der Waals surface area contributed by atoms with Gasteiger partial charge in [-0.2, -0.15) is 13.2 Å². The molecule has 0 aliphatic carbocycles. The third kappa shape index (κ3) is 8.37. The number of alkyl halides is 3. The molecule has 2 N–H and O–H groups in total. The van der Waals surface area contributed by atoms with Gasteiger partial charge in [-0.15, -0.1) is 0 Å². The first-order valence-electron chi connectivity index (χ1n) is 9.98. The van der Waals surface area contributed by atoms with E-state index in [1.54, 1.807) is 14.2 Å². The second-order valence-electron chi connectivity index (χ2n) is 7.17. The molecule has 0 amide bonds. The normalized spacial score (nSPS) is 17.1. The molecule has 170 valence electrons. The van der Waals surface area contributed by atoms with Gasteiger partial charge in [-0.25, -0.2) is 0 Å². The number of ether oxygens (including phenoxy) is 2. The van der Waals surface area contributed by atoms with E-state index in [1.165, 1.54) is 11.9 Å². The number of morpholine rings is 1. The van der Waals surface area contributed by atoms with E-state index in [0.717, 1.165) is 24.4 Å². The first kappa shape index (κ1) is 24.2. The average Bonchev–Trinajstić information content (AvgIpc) is 2.72. The summed E-state index contributed by atoms with van der Waals surface area (Å²) in [4.78, 5) is 7.77. The Kier molecular flexibility index (Phi) is 9.67. The Bertz CT molecular complexity index is 649. The van der Waals surface area contributed by atoms with Crippen molar-refractivity contribution in [3.05, 3.63) is 29.8 Å². The van der Waals surface area contributed by atoms with E-state index in [-0.39, 0.29) is 12.6 Å². The Morgan fingerprint density at radius 1 is 1.23 bits per heavy atom. The van der Waals surface area contributed by atoms with E-state index in [9.17, 15) is 13.2 Å². The van der Waals surface area contributed by atoms with Crippen LogP contribution >= 0.6 is 0 Å². The minimum atomic E-state index is -4.20. The smallest absolute Gasteiger partial charge is 0.401 e. The summed E-state index contributed by atoms with van der Waals surface area (Å²) in [5.41, 5.74) is 1.14. The third-order valence-corrected chi connectivity index (χ3v) is 4.91. The van der Waals surface area contributed by atoms with Crippen LogP contribution in [0.3, 0.4) is 0 Å². The molecule has 1 aliphatic rings. The maximum absolute atomic E-state index is 12.4. The van der Waals surface area contributed by atoms with Crippen molar-refractivity contribution in [3.63, 3.8) is 0 Å². The first-order valence-corrected chi connectivity index (χ1v) is 9.98. The van der Waals surface area contributed by atoms with Crippen LogP contribution in [0.25, 0.3) is 0 Å². The lowest BCUT2D eigenvalue weighted by Gasteiger charge is -2.35. The van der Waals surface area contributed by atoms with E-state index in [2.05, 4.69) is 20.5 Å². The quantitative estimate of drug-likeness (QED) is 0.459. The molecule has 1 heterocycles. The van der Waals surface area contributed by atoms with Crippen LogP contribution in [-0.4, -0.2) is 95.6 Å². The predicted molar refractivity (Wildman–Crippen MR) is 111 cm³/mol. The fraction of sp³-hybridized carbons (Fsp3) is 0.650. The molecular formula is C20H32F3N5O2. The SMILES string of the molecule is CN=C(NCCN(C)CC(F)(F)F)NCC(c1ccc(OC)cc1)N1CCOCC1. The zero-order valence-electron chi connectivity index (χ0n) is 17.8. The lowest BCUT2D eigenvalue weighted by atomic mass is 10.0. The number of likely N-dealkylation sites (N-methyl/N-ethyl adjacent to an activating group) is 1. The number of halogens is 3. The predicted octanol–water partition coefficient (Wildman–Crippen LogP) is 1.73. The topological polar surface area (TPSA) is 61.4 Å². The van der Waals surface area contributed by atoms with Crippen LogP contribution in [0, 0.1) is 0 Å². The highest BCUT2D eigenvalue weighted by Gasteiger charge is 2.29. The fourth-order valence-electron chi connectivity index (χ4n) is 3.34. The summed E-state index contributed by atoms with van der Waals surface area (Å²) >= 11 is 0. The van der Waals surface area contributed by atoms with Gasteiger partial charge in [0, 0.05) is 39.8 Å². The number of benzene rings is 1. The minimum Gasteiger partial charge on any atom is -0.497 e. The molecule has 1 saturated heterocycles. The maximum Gasteiger partial charge on any atom is 0.401 e. The van der Waals surface area contributed by atoms with Gasteiger partial charge in [-0.05, 0) is 24.7 Å². The van der Waals surface area contributed by atoms with E-state index in [1.807, 2.05) is 24.3 Å². The Labute approximate surface area is 176 Å². The Balaban J connectivity index is 1.92. The van der Waals surface area contributed by atoms with E-state index >= 15 is 0 Å². The highest BCUT2D eigenvalue weighted by Crippen LogP contribution is 2.23. The first-order chi connectivity index (χ1) is 14.3. The molecule has 1 aromatic rings. The lowest BCUT2D eigenvalue weighted by molar-refractivity contribution is -0.142. The number of methoxy groups -OCH3 is 1. The molecule has 0 spiro atoms. The molecule has 0 radical (unpaired) electrons. The molecule has 0 aromatic heterocycles. The Morgan fingerprint density at radius 2 is 1.90 bits per heavy atom. The Hall–Kier alpha value is -2.04. The summed E-state index contributed by atoms with van der Waals surface area (Å²) in [6.45, 7) is 3.31. The van der Waals surface area contributed by atoms with Crippen LogP contribution in [0.4, 0.5) is 13.2 Å². The molecule has 7 nitrogen and oxygen atoms in total. The van der Waals surface area contributed by atoms with Gasteiger partial charge in [0.25, 0.3) is 0 Å². The Morgan fingerprint density at radius 3 is 2.47 bits per heavy atom. The molecule has 1 unspecified atom stereocenters. The van der Waals surface area contributed by atoms with Crippen molar-refractivity contribution in [2.24, 2.45) is 4.99 Å². The molecular weight excluding hydrogens is 399 g/mol. The van der Waals surface area contributed by atoms with Gasteiger partial charge in [-0.1, -0.05) is 12.1 Å². The van der Waals surface area contributed by atoms with E-state index in [0.29, 0.717) is 32.3 Å². The van der Waals surface area contributed by atoms with Crippen molar-refractivity contribution in [1.82, 2.24) is 20.4 Å². The minimum absolute atomic E-state index is 0.103. The summed E-state index contributed by atoms with van der Waals surface area (Å²) < 4.78 is 48.0. The monoisotopic (exact) mass is 431 g/mol. The molecule has 10 heteroatoms. The molecule has 0 bridgehead atoms. The van der Waals surface area contributed by atoms with Crippen molar-refractivity contribution in [3.8, 4) is 5.75 Å². The van der Waals surface area contributed by atoms with Gasteiger partial charge in [0.15, 0.2) is 5.96 Å². The van der Waals surface area contributed by atoms with Crippen LogP contribution in [0.1, 0.15) is 11.6 Å². The highest BCUT2D eigenvalue weighted by molar-refractivity contribution is 5.79. The number of nitrogens with zero attached hydrogens (tertiary/aromatic N) is 3. The highest BCUT2D eigenvalue weighted by atomic mass is 19.4. The molecule has 1 atom stereocenters. The number of aliphatic imine (C=N–C) groups is 1. The number of nitrogens with one attached hydrogen (secondary N) is 2. The van der Waals surface area contributed by atoms with Crippen molar-refractivity contribution in [1.29, 1.82) is 0 Å². The standard InChI is InChI=1S/C20H32F3N5O2/c1-24-19(25-8-9-27(2)15-20(21,22)23)26-14-18(28-10-12-30-13-11-28)16-4-6-17(29-3)7-5-16/h4-7,18H,8-15H2,1-3H3,(H2,24,25,26). The summed E-state index contributed by atoms with van der Waals surface area (Å²) in [7, 11) is 4.73. The molecule has 30 heavy (non-hydrogen) atoms. The molecule has 2 rings (SSSR count). The van der Waals surface area contributed by atoms with Crippen molar-refractivity contribution < 1.29 is 22.6 Å². The van der Waals surface area contributed by atoms with Gasteiger partial charge >= 0.3 is 6.18 Å². The van der Waals surface area contributed by atoms with Crippen molar-refractivity contribution >= 4 is 5.96 Å². The lowest BCUT2D eigenvalue weighted by Crippen LogP contribution is -2.47. The average molecular weight is 432 g/mol. The zero-order chi connectivity index (χ0) is 22.0. The largest absolute Gasteiger partial charge is 0.497 e. The molecule has 0 saturated carbocycles. The van der Waals surface area contributed by atoms with Crippen LogP contribution < -0.4 is 15.4 Å². The van der Waals surface area contributed by atoms with Crippen LogP contribution in [0.5, 0.6) is 5.75 Å². The molecule has 1 aromatic carbocycles. The number of rotatable bonds is 9. The summed E-state index contributed by atoms with van der Waals surface area (Å²) in [5, 5.41) is 6.38. The van der Waals surface area contributed by atoms with Crippen molar-refractivity contribution in [2.45, 2.75) is 12.2 Å². The summed E-state index contributed by atoms with van der Waals surface area (Å²) in [5.74, 6) is 1.36. The van der Waals surface area contributed by atoms with E-state index < -0.39 is 12.7 Å². The van der Waals surface area contributed by atoms with Gasteiger partial charge in [0.2, 0.25) is 0 Å². The van der Waals surface area contributed by atoms with Gasteiger partial charge in [0.05, 0.1) is 32.9 Å². The second kappa shape index (κ2) is 12.0. The number of hydrogen-bond acceptors (Lipinski definition) is 5. The van der Waals surface area contributed by atoms with Gasteiger partial charge in [-0.3, -0.25) is 14.8 Å². The number of guanidine groups is 1. The summed E-state index contributed by atoms with van der Waals surface area (Å²) in [6, 6.07) is 8.07.